The molecule has 1 aromatic heterocycles. The lowest BCUT2D eigenvalue weighted by Gasteiger charge is -2.37. The number of halogens is 2. The van der Waals surface area contributed by atoms with Gasteiger partial charge in [-0.3, -0.25) is 9.48 Å². The van der Waals surface area contributed by atoms with Gasteiger partial charge in [0.05, 0.1) is 5.92 Å². The zero-order valence-electron chi connectivity index (χ0n) is 13.8. The van der Waals surface area contributed by atoms with Crippen molar-refractivity contribution in [3.05, 3.63) is 12.7 Å². The van der Waals surface area contributed by atoms with Crippen LogP contribution in [0.15, 0.2) is 12.7 Å². The van der Waals surface area contributed by atoms with Gasteiger partial charge in [-0.2, -0.15) is 5.10 Å². The van der Waals surface area contributed by atoms with Crippen LogP contribution in [0.1, 0.15) is 32.1 Å². The lowest BCUT2D eigenvalue weighted by atomic mass is 9.83. The highest BCUT2D eigenvalue weighted by Crippen LogP contribution is 2.48. The van der Waals surface area contributed by atoms with E-state index in [-0.39, 0.29) is 36.8 Å². The third-order valence-corrected chi connectivity index (χ3v) is 6.01. The number of nitrogens with two attached hydrogens (primary N) is 1. The summed E-state index contributed by atoms with van der Waals surface area (Å²) < 4.78 is 1.88. The molecule has 0 radical (unpaired) electrons. The zero-order valence-corrected chi connectivity index (χ0v) is 15.4. The molecule has 1 saturated heterocycles. The fourth-order valence-corrected chi connectivity index (χ4v) is 4.92. The van der Waals surface area contributed by atoms with E-state index >= 15 is 0 Å². The smallest absolute Gasteiger partial charge is 0.227 e. The summed E-state index contributed by atoms with van der Waals surface area (Å²) in [5.74, 6) is 2.03. The fourth-order valence-electron chi connectivity index (χ4n) is 4.92. The first-order valence-electron chi connectivity index (χ1n) is 8.59. The summed E-state index contributed by atoms with van der Waals surface area (Å²) in [6, 6.07) is 0.0990. The van der Waals surface area contributed by atoms with E-state index in [4.69, 9.17) is 5.73 Å². The number of nitrogens with zero attached hydrogens (tertiary/aromatic N) is 4. The molecule has 6 nitrogen and oxygen atoms in total. The average molecular weight is 376 g/mol. The molecule has 2 aliphatic carbocycles. The number of carbonyl (C=O) groups is 1. The summed E-state index contributed by atoms with van der Waals surface area (Å²) in [4.78, 5) is 19.0. The molecule has 1 aliphatic heterocycles. The molecule has 5 unspecified atom stereocenters. The Kier molecular flexibility index (Phi) is 6.51. The van der Waals surface area contributed by atoms with Crippen LogP contribution in [0.4, 0.5) is 0 Å². The third kappa shape index (κ3) is 3.55. The molecule has 2 saturated carbocycles. The van der Waals surface area contributed by atoms with Gasteiger partial charge >= 0.3 is 0 Å². The Morgan fingerprint density at radius 1 is 1.21 bits per heavy atom. The maximum Gasteiger partial charge on any atom is 0.227 e. The average Bonchev–Trinajstić information content (AvgIpc) is 3.24. The number of fused-ring (bicyclic) bond motifs is 2. The molecule has 4 rings (SSSR count). The van der Waals surface area contributed by atoms with Crippen molar-refractivity contribution in [2.45, 2.75) is 44.7 Å². The molecular formula is C16H27Cl2N5O. The second kappa shape index (κ2) is 8.02. The van der Waals surface area contributed by atoms with Crippen LogP contribution in [0, 0.1) is 23.7 Å². The number of hydrogen-bond acceptors (Lipinski definition) is 4. The molecule has 1 amide bonds. The number of amides is 1. The van der Waals surface area contributed by atoms with Crippen molar-refractivity contribution in [1.29, 1.82) is 0 Å². The molecule has 136 valence electrons. The highest BCUT2D eigenvalue weighted by Gasteiger charge is 2.50. The number of likely N-dealkylation sites (tertiary alicyclic amines) is 1. The van der Waals surface area contributed by atoms with Crippen molar-refractivity contribution in [3.8, 4) is 0 Å². The Labute approximate surface area is 155 Å². The van der Waals surface area contributed by atoms with Crippen molar-refractivity contribution in [1.82, 2.24) is 19.7 Å². The molecule has 2 bridgehead atoms. The van der Waals surface area contributed by atoms with E-state index in [1.54, 1.807) is 12.7 Å². The molecule has 2 heterocycles. The molecular weight excluding hydrogens is 349 g/mol. The van der Waals surface area contributed by atoms with Crippen LogP contribution in [0.25, 0.3) is 0 Å². The zero-order chi connectivity index (χ0) is 15.1. The topological polar surface area (TPSA) is 77.0 Å². The summed E-state index contributed by atoms with van der Waals surface area (Å²) >= 11 is 0. The van der Waals surface area contributed by atoms with Crippen molar-refractivity contribution >= 4 is 30.7 Å². The van der Waals surface area contributed by atoms with Gasteiger partial charge in [0.15, 0.2) is 0 Å². The minimum atomic E-state index is 0. The maximum atomic E-state index is 13.0. The molecule has 2 N–H and O–H groups in total. The van der Waals surface area contributed by atoms with E-state index < -0.39 is 0 Å². The number of carbonyl (C=O) groups excluding carboxylic acids is 1. The second-order valence-corrected chi connectivity index (χ2v) is 7.35. The predicted octanol–water partition coefficient (Wildman–Crippen LogP) is 1.73. The van der Waals surface area contributed by atoms with E-state index in [0.29, 0.717) is 23.7 Å². The first-order valence-corrected chi connectivity index (χ1v) is 8.59. The van der Waals surface area contributed by atoms with Gasteiger partial charge in [-0.05, 0) is 49.9 Å². The summed E-state index contributed by atoms with van der Waals surface area (Å²) in [5, 5.41) is 4.18. The van der Waals surface area contributed by atoms with Crippen LogP contribution in [0.5, 0.6) is 0 Å². The van der Waals surface area contributed by atoms with Gasteiger partial charge in [-0.25, -0.2) is 4.98 Å². The van der Waals surface area contributed by atoms with Crippen molar-refractivity contribution in [3.63, 3.8) is 0 Å². The summed E-state index contributed by atoms with van der Waals surface area (Å²) in [6.45, 7) is 2.60. The molecule has 24 heavy (non-hydrogen) atoms. The minimum absolute atomic E-state index is 0. The number of hydrogen-bond donors (Lipinski definition) is 1. The maximum absolute atomic E-state index is 13.0. The second-order valence-electron chi connectivity index (χ2n) is 7.35. The lowest BCUT2D eigenvalue weighted by molar-refractivity contribution is -0.139. The Bertz CT molecular complexity index is 539. The Morgan fingerprint density at radius 3 is 2.67 bits per heavy atom. The van der Waals surface area contributed by atoms with Crippen molar-refractivity contribution in [2.75, 3.05) is 13.1 Å². The van der Waals surface area contributed by atoms with Crippen molar-refractivity contribution < 1.29 is 4.79 Å². The molecule has 3 fully saturated rings. The van der Waals surface area contributed by atoms with E-state index in [9.17, 15) is 4.79 Å². The highest BCUT2D eigenvalue weighted by atomic mass is 35.5. The lowest BCUT2D eigenvalue weighted by Crippen LogP contribution is -2.50. The Balaban J connectivity index is 0.00000104. The van der Waals surface area contributed by atoms with Crippen LogP contribution >= 0.6 is 24.8 Å². The summed E-state index contributed by atoms with van der Waals surface area (Å²) in [6.07, 6.45) is 9.17. The molecule has 0 aromatic carbocycles. The standard InChI is InChI=1S/C16H25N5O.2ClH/c17-15-13-4-3-12(6-13)14(15)16(22)20-5-1-2-11(7-20)8-21-10-18-9-19-21;;/h9-15H,1-8,17H2;2*1H. The van der Waals surface area contributed by atoms with Gasteiger partial charge in [-0.1, -0.05) is 0 Å². The Hall–Kier alpha value is -0.850. The van der Waals surface area contributed by atoms with Crippen LogP contribution in [0.3, 0.4) is 0 Å². The molecule has 8 heteroatoms. The molecule has 0 spiro atoms. The normalized spacial score (nSPS) is 34.5. The molecule has 5 atom stereocenters. The van der Waals surface area contributed by atoms with Gasteiger partial charge in [0.25, 0.3) is 0 Å². The highest BCUT2D eigenvalue weighted by molar-refractivity contribution is 5.85. The number of rotatable bonds is 3. The van der Waals surface area contributed by atoms with Crippen molar-refractivity contribution in [2.24, 2.45) is 29.4 Å². The first-order chi connectivity index (χ1) is 10.7. The SMILES string of the molecule is Cl.Cl.NC1C2CCC(C2)C1C(=O)N1CCCC(Cn2cncn2)C1. The fraction of sp³-hybridized carbons (Fsp3) is 0.812. The van der Waals surface area contributed by atoms with E-state index in [2.05, 4.69) is 15.0 Å². The van der Waals surface area contributed by atoms with E-state index in [0.717, 1.165) is 32.5 Å². The Morgan fingerprint density at radius 2 is 2.00 bits per heavy atom. The first kappa shape index (κ1) is 19.5. The van der Waals surface area contributed by atoms with Gasteiger partial charge in [0.1, 0.15) is 12.7 Å². The number of aromatic nitrogens is 3. The largest absolute Gasteiger partial charge is 0.342 e. The number of piperidine rings is 1. The van der Waals surface area contributed by atoms with E-state index in [1.807, 2.05) is 4.68 Å². The minimum Gasteiger partial charge on any atom is -0.342 e. The van der Waals surface area contributed by atoms with E-state index in [1.165, 1.54) is 19.3 Å². The van der Waals surface area contributed by atoms with Gasteiger partial charge in [0.2, 0.25) is 5.91 Å². The quantitative estimate of drug-likeness (QED) is 0.872. The van der Waals surface area contributed by atoms with Crippen LogP contribution in [-0.4, -0.2) is 44.7 Å². The van der Waals surface area contributed by atoms with Crippen LogP contribution in [0.2, 0.25) is 0 Å². The third-order valence-electron chi connectivity index (χ3n) is 6.01. The monoisotopic (exact) mass is 375 g/mol. The van der Waals surface area contributed by atoms with Gasteiger partial charge < -0.3 is 10.6 Å². The molecule has 3 aliphatic rings. The molecule has 1 aromatic rings. The van der Waals surface area contributed by atoms with Gasteiger partial charge in [-0.15, -0.1) is 24.8 Å². The van der Waals surface area contributed by atoms with Crippen LogP contribution in [-0.2, 0) is 11.3 Å². The summed E-state index contributed by atoms with van der Waals surface area (Å²) in [7, 11) is 0. The predicted molar refractivity (Wildman–Crippen MR) is 96.1 cm³/mol. The van der Waals surface area contributed by atoms with Gasteiger partial charge in [0, 0.05) is 25.7 Å². The summed E-state index contributed by atoms with van der Waals surface area (Å²) in [5.41, 5.74) is 6.35. The van der Waals surface area contributed by atoms with Crippen LogP contribution < -0.4 is 5.73 Å².